The van der Waals surface area contributed by atoms with Crippen molar-refractivity contribution in [2.45, 2.75) is 26.7 Å². The molecule has 0 aromatic carbocycles. The maximum Gasteiger partial charge on any atom is 0.187 e. The fraction of sp³-hybridized carbons (Fsp3) is 0.667. The summed E-state index contributed by atoms with van der Waals surface area (Å²) >= 11 is 0. The number of fused-ring (bicyclic) bond motifs is 2. The predicted molar refractivity (Wildman–Crippen MR) is 62.8 cm³/mol. The molecule has 2 bridgehead atoms. The summed E-state index contributed by atoms with van der Waals surface area (Å²) in [5.74, 6) is 2.57. The third-order valence-electron chi connectivity index (χ3n) is 3.57. The van der Waals surface area contributed by atoms with Crippen LogP contribution in [0.4, 0.5) is 0 Å². The Bertz CT molecular complexity index is 257. The van der Waals surface area contributed by atoms with Crippen LogP contribution in [-0.2, 0) is 4.43 Å². The average molecular weight is 208 g/mol. The topological polar surface area (TPSA) is 9.23 Å². The van der Waals surface area contributed by atoms with Gasteiger partial charge in [0.1, 0.15) is 0 Å². The van der Waals surface area contributed by atoms with Gasteiger partial charge in [-0.3, -0.25) is 0 Å². The van der Waals surface area contributed by atoms with Crippen LogP contribution in [0.25, 0.3) is 0 Å². The Hall–Kier alpha value is -0.343. The molecule has 0 spiro atoms. The largest absolute Gasteiger partial charge is 0.419 e. The monoisotopic (exact) mass is 208 g/mol. The van der Waals surface area contributed by atoms with Crippen LogP contribution in [0.1, 0.15) is 26.7 Å². The summed E-state index contributed by atoms with van der Waals surface area (Å²) < 4.78 is 5.86. The minimum absolute atomic E-state index is 0.376. The standard InChI is InChI=1S/C12H20OSi/c1-3-9(2)14-13-8-12-7-10-4-5-11(12)6-10/h3-5,10-12H,6-8,14H2,1-2H3/b9-3+. The fourth-order valence-electron chi connectivity index (χ4n) is 2.54. The first-order valence-electron chi connectivity index (χ1n) is 5.67. The van der Waals surface area contributed by atoms with Crippen molar-refractivity contribution in [1.82, 2.24) is 0 Å². The van der Waals surface area contributed by atoms with Crippen molar-refractivity contribution in [3.05, 3.63) is 23.4 Å². The van der Waals surface area contributed by atoms with Crippen molar-refractivity contribution in [1.29, 1.82) is 0 Å². The molecular weight excluding hydrogens is 188 g/mol. The van der Waals surface area contributed by atoms with Crippen molar-refractivity contribution >= 4 is 9.76 Å². The van der Waals surface area contributed by atoms with Gasteiger partial charge in [-0.2, -0.15) is 0 Å². The molecule has 0 N–H and O–H groups in total. The van der Waals surface area contributed by atoms with Crippen molar-refractivity contribution in [2.75, 3.05) is 6.61 Å². The summed E-state index contributed by atoms with van der Waals surface area (Å²) in [6.45, 7) is 5.31. The Kier molecular flexibility index (Phi) is 3.24. The summed E-state index contributed by atoms with van der Waals surface area (Å²) in [5.41, 5.74) is 0. The van der Waals surface area contributed by atoms with Crippen molar-refractivity contribution in [3.63, 3.8) is 0 Å². The van der Waals surface area contributed by atoms with Crippen molar-refractivity contribution in [2.24, 2.45) is 17.8 Å². The van der Waals surface area contributed by atoms with Crippen LogP contribution in [0.3, 0.4) is 0 Å². The van der Waals surface area contributed by atoms with Crippen LogP contribution >= 0.6 is 0 Å². The maximum atomic E-state index is 5.86. The van der Waals surface area contributed by atoms with E-state index in [-0.39, 0.29) is 9.76 Å². The molecule has 2 aliphatic rings. The lowest BCUT2D eigenvalue weighted by Crippen LogP contribution is -2.16. The fourth-order valence-corrected chi connectivity index (χ4v) is 3.45. The van der Waals surface area contributed by atoms with Crippen LogP contribution in [0.2, 0.25) is 0 Å². The van der Waals surface area contributed by atoms with E-state index in [2.05, 4.69) is 32.1 Å². The molecule has 0 aromatic heterocycles. The molecule has 1 fully saturated rings. The van der Waals surface area contributed by atoms with E-state index in [0.29, 0.717) is 0 Å². The predicted octanol–water partition coefficient (Wildman–Crippen LogP) is 2.22. The Morgan fingerprint density at radius 3 is 2.93 bits per heavy atom. The summed E-state index contributed by atoms with van der Waals surface area (Å²) in [7, 11) is -0.376. The van der Waals surface area contributed by atoms with Gasteiger partial charge in [-0.15, -0.1) is 0 Å². The molecule has 0 aromatic rings. The van der Waals surface area contributed by atoms with E-state index in [9.17, 15) is 0 Å². The second-order valence-corrected chi connectivity index (χ2v) is 6.50. The van der Waals surface area contributed by atoms with Gasteiger partial charge in [0.15, 0.2) is 9.76 Å². The van der Waals surface area contributed by atoms with E-state index in [1.165, 1.54) is 18.0 Å². The number of hydrogen-bond acceptors (Lipinski definition) is 1. The zero-order valence-electron chi connectivity index (χ0n) is 9.20. The van der Waals surface area contributed by atoms with Gasteiger partial charge in [-0.25, -0.2) is 0 Å². The van der Waals surface area contributed by atoms with Gasteiger partial charge < -0.3 is 4.43 Å². The molecule has 14 heavy (non-hydrogen) atoms. The smallest absolute Gasteiger partial charge is 0.187 e. The van der Waals surface area contributed by atoms with E-state index >= 15 is 0 Å². The number of hydrogen-bond donors (Lipinski definition) is 0. The van der Waals surface area contributed by atoms with Crippen molar-refractivity contribution < 1.29 is 4.43 Å². The molecule has 2 aliphatic carbocycles. The quantitative estimate of drug-likeness (QED) is 0.508. The molecular formula is C12H20OSi. The van der Waals surface area contributed by atoms with Gasteiger partial charge >= 0.3 is 0 Å². The first kappa shape index (κ1) is 10.2. The van der Waals surface area contributed by atoms with Gasteiger partial charge in [-0.05, 0) is 44.4 Å². The van der Waals surface area contributed by atoms with Crippen molar-refractivity contribution in [3.8, 4) is 0 Å². The molecule has 0 amide bonds. The number of allylic oxidation sites excluding steroid dienone is 4. The molecule has 2 rings (SSSR count). The normalized spacial score (nSPS) is 36.4. The summed E-state index contributed by atoms with van der Waals surface area (Å²) in [6.07, 6.45) is 9.78. The molecule has 1 nitrogen and oxygen atoms in total. The summed E-state index contributed by atoms with van der Waals surface area (Å²) in [4.78, 5) is 0. The highest BCUT2D eigenvalue weighted by atomic mass is 28.2. The van der Waals surface area contributed by atoms with Gasteiger partial charge in [-0.1, -0.05) is 23.4 Å². The van der Waals surface area contributed by atoms with Crippen LogP contribution < -0.4 is 0 Å². The van der Waals surface area contributed by atoms with Gasteiger partial charge in [0.25, 0.3) is 0 Å². The Morgan fingerprint density at radius 1 is 1.50 bits per heavy atom. The van der Waals surface area contributed by atoms with Crippen LogP contribution in [0.5, 0.6) is 0 Å². The first-order valence-corrected chi connectivity index (χ1v) is 6.96. The Labute approximate surface area is 89.2 Å². The molecule has 3 unspecified atom stereocenters. The Balaban J connectivity index is 1.70. The highest BCUT2D eigenvalue weighted by Gasteiger charge is 2.35. The van der Waals surface area contributed by atoms with Crippen LogP contribution in [-0.4, -0.2) is 16.4 Å². The van der Waals surface area contributed by atoms with E-state index in [4.69, 9.17) is 4.43 Å². The molecule has 78 valence electrons. The lowest BCUT2D eigenvalue weighted by molar-refractivity contribution is 0.239. The summed E-state index contributed by atoms with van der Waals surface area (Å²) in [5, 5.41) is 1.48. The first-order chi connectivity index (χ1) is 6.79. The lowest BCUT2D eigenvalue weighted by Gasteiger charge is -2.18. The SMILES string of the molecule is C/C=C(\C)[SiH2]OCC1CC2C=CC1C2. The Morgan fingerprint density at radius 2 is 2.36 bits per heavy atom. The lowest BCUT2D eigenvalue weighted by atomic mass is 9.95. The summed E-state index contributed by atoms with van der Waals surface area (Å²) in [6, 6.07) is 0. The maximum absolute atomic E-state index is 5.86. The minimum atomic E-state index is -0.376. The van der Waals surface area contributed by atoms with Gasteiger partial charge in [0.2, 0.25) is 0 Å². The third-order valence-corrected chi connectivity index (χ3v) is 4.87. The second kappa shape index (κ2) is 4.45. The minimum Gasteiger partial charge on any atom is -0.419 e. The average Bonchev–Trinajstić information content (AvgIpc) is 2.79. The molecule has 3 atom stereocenters. The van der Waals surface area contributed by atoms with E-state index < -0.39 is 0 Å². The van der Waals surface area contributed by atoms with E-state index in [1.807, 2.05) is 0 Å². The zero-order chi connectivity index (χ0) is 9.97. The van der Waals surface area contributed by atoms with Crippen LogP contribution in [0, 0.1) is 17.8 Å². The molecule has 1 saturated carbocycles. The van der Waals surface area contributed by atoms with E-state index in [1.54, 1.807) is 0 Å². The third kappa shape index (κ3) is 2.18. The zero-order valence-corrected chi connectivity index (χ0v) is 10.6. The highest BCUT2D eigenvalue weighted by Crippen LogP contribution is 2.43. The van der Waals surface area contributed by atoms with Gasteiger partial charge in [0, 0.05) is 6.61 Å². The second-order valence-electron chi connectivity index (χ2n) is 4.69. The van der Waals surface area contributed by atoms with Crippen LogP contribution in [0.15, 0.2) is 23.4 Å². The van der Waals surface area contributed by atoms with Gasteiger partial charge in [0.05, 0.1) is 0 Å². The molecule has 0 aliphatic heterocycles. The number of rotatable bonds is 4. The van der Waals surface area contributed by atoms with E-state index in [0.717, 1.165) is 24.4 Å². The molecule has 0 saturated heterocycles. The highest BCUT2D eigenvalue weighted by molar-refractivity contribution is 6.37. The molecule has 2 heteroatoms. The molecule has 0 radical (unpaired) electrons. The molecule has 0 heterocycles.